The first-order chi connectivity index (χ1) is 14.8. The second kappa shape index (κ2) is 9.03. The SMILES string of the molecule is Cn1c(C(=O)NC2CC=C(F)CC2)nc(-c2ccc(Cl)cc2Cl)c1-c1ccccc1Cl. The largest absolute Gasteiger partial charge is 0.346 e. The Kier molecular flexibility index (Phi) is 6.37. The third kappa shape index (κ3) is 4.49. The lowest BCUT2D eigenvalue weighted by Gasteiger charge is -2.20. The molecule has 1 heterocycles. The number of benzene rings is 2. The summed E-state index contributed by atoms with van der Waals surface area (Å²) in [6.45, 7) is 0. The van der Waals surface area contributed by atoms with Gasteiger partial charge in [-0.2, -0.15) is 0 Å². The van der Waals surface area contributed by atoms with Crippen LogP contribution in [0.15, 0.2) is 54.4 Å². The third-order valence-electron chi connectivity index (χ3n) is 5.30. The fourth-order valence-electron chi connectivity index (χ4n) is 3.72. The number of aromatic nitrogens is 2. The number of hydrogen-bond donors (Lipinski definition) is 1. The molecule has 4 rings (SSSR count). The number of allylic oxidation sites excluding steroid dienone is 1. The summed E-state index contributed by atoms with van der Waals surface area (Å²) in [7, 11) is 1.76. The molecule has 0 saturated heterocycles. The highest BCUT2D eigenvalue weighted by atomic mass is 35.5. The Bertz CT molecular complexity index is 1190. The first-order valence-corrected chi connectivity index (χ1v) is 10.9. The Morgan fingerprint density at radius 2 is 1.90 bits per heavy atom. The molecule has 0 radical (unpaired) electrons. The number of amides is 1. The maximum Gasteiger partial charge on any atom is 0.287 e. The van der Waals surface area contributed by atoms with Crippen LogP contribution < -0.4 is 5.32 Å². The molecule has 1 aliphatic rings. The second-order valence-corrected chi connectivity index (χ2v) is 8.64. The number of hydrogen-bond acceptors (Lipinski definition) is 2. The third-order valence-corrected chi connectivity index (χ3v) is 6.18. The molecular formula is C23H19Cl3FN3O. The highest BCUT2D eigenvalue weighted by molar-refractivity contribution is 6.36. The van der Waals surface area contributed by atoms with Gasteiger partial charge in [-0.3, -0.25) is 4.79 Å². The summed E-state index contributed by atoms with van der Waals surface area (Å²) < 4.78 is 15.0. The van der Waals surface area contributed by atoms with Crippen molar-refractivity contribution >= 4 is 40.7 Å². The topological polar surface area (TPSA) is 46.9 Å². The van der Waals surface area contributed by atoms with Crippen LogP contribution in [0.4, 0.5) is 4.39 Å². The van der Waals surface area contributed by atoms with Crippen LogP contribution in [0.5, 0.6) is 0 Å². The van der Waals surface area contributed by atoms with E-state index in [2.05, 4.69) is 10.3 Å². The molecule has 1 N–H and O–H groups in total. The molecule has 160 valence electrons. The molecule has 2 aromatic carbocycles. The molecule has 0 saturated carbocycles. The van der Waals surface area contributed by atoms with Gasteiger partial charge in [0.05, 0.1) is 22.2 Å². The molecule has 0 aliphatic heterocycles. The fraction of sp³-hybridized carbons (Fsp3) is 0.217. The number of carbonyl (C=O) groups is 1. The minimum absolute atomic E-state index is 0.136. The lowest BCUT2D eigenvalue weighted by atomic mass is 10.0. The van der Waals surface area contributed by atoms with Crippen molar-refractivity contribution in [3.8, 4) is 22.5 Å². The van der Waals surface area contributed by atoms with Crippen molar-refractivity contribution < 1.29 is 9.18 Å². The van der Waals surface area contributed by atoms with Crippen molar-refractivity contribution in [3.05, 3.63) is 75.3 Å². The van der Waals surface area contributed by atoms with Crippen LogP contribution in [0.1, 0.15) is 29.9 Å². The van der Waals surface area contributed by atoms with E-state index < -0.39 is 0 Å². The molecule has 1 atom stereocenters. The Hall–Kier alpha value is -2.34. The van der Waals surface area contributed by atoms with Gasteiger partial charge in [-0.15, -0.1) is 0 Å². The molecular weight excluding hydrogens is 460 g/mol. The zero-order valence-corrected chi connectivity index (χ0v) is 18.9. The predicted octanol–water partition coefficient (Wildman–Crippen LogP) is 6.85. The average Bonchev–Trinajstić information content (AvgIpc) is 3.07. The van der Waals surface area contributed by atoms with Crippen molar-refractivity contribution in [1.82, 2.24) is 14.9 Å². The van der Waals surface area contributed by atoms with E-state index in [0.29, 0.717) is 51.3 Å². The molecule has 1 amide bonds. The summed E-state index contributed by atoms with van der Waals surface area (Å²) in [4.78, 5) is 17.7. The van der Waals surface area contributed by atoms with Crippen molar-refractivity contribution in [2.45, 2.75) is 25.3 Å². The zero-order valence-electron chi connectivity index (χ0n) is 16.6. The van der Waals surface area contributed by atoms with E-state index >= 15 is 0 Å². The van der Waals surface area contributed by atoms with Crippen LogP contribution >= 0.6 is 34.8 Å². The van der Waals surface area contributed by atoms with Gasteiger partial charge in [0.25, 0.3) is 5.91 Å². The quantitative estimate of drug-likeness (QED) is 0.446. The van der Waals surface area contributed by atoms with Gasteiger partial charge in [0.1, 0.15) is 0 Å². The standard InChI is InChI=1S/C23H19Cl3FN3O/c1-30-21(17-4-2-3-5-18(17)25)20(16-11-6-13(24)12-19(16)26)29-22(30)23(31)28-15-9-7-14(27)8-10-15/h2-7,11-12,15H,8-10H2,1H3,(H,28,31). The first kappa shape index (κ1) is 21.9. The minimum Gasteiger partial charge on any atom is -0.346 e. The van der Waals surface area contributed by atoms with Gasteiger partial charge in [-0.05, 0) is 37.1 Å². The minimum atomic E-state index is -0.340. The average molecular weight is 479 g/mol. The number of imidazole rings is 1. The fourth-order valence-corrected chi connectivity index (χ4v) is 4.44. The number of nitrogens with zero attached hydrogens (tertiary/aromatic N) is 2. The molecule has 1 unspecified atom stereocenters. The van der Waals surface area contributed by atoms with Crippen LogP contribution in [0.3, 0.4) is 0 Å². The van der Waals surface area contributed by atoms with E-state index in [-0.39, 0.29) is 23.6 Å². The van der Waals surface area contributed by atoms with Gasteiger partial charge in [-0.1, -0.05) is 59.1 Å². The zero-order chi connectivity index (χ0) is 22.1. The molecule has 3 aromatic rings. The first-order valence-electron chi connectivity index (χ1n) is 9.77. The smallest absolute Gasteiger partial charge is 0.287 e. The van der Waals surface area contributed by atoms with E-state index in [9.17, 15) is 9.18 Å². The van der Waals surface area contributed by atoms with Gasteiger partial charge in [0.2, 0.25) is 0 Å². The maximum absolute atomic E-state index is 13.3. The number of halogens is 4. The summed E-state index contributed by atoms with van der Waals surface area (Å²) in [5, 5.41) is 4.40. The number of rotatable bonds is 4. The normalized spacial score (nSPS) is 16.2. The van der Waals surface area contributed by atoms with Crippen LogP contribution in [0.2, 0.25) is 15.1 Å². The monoisotopic (exact) mass is 477 g/mol. The Labute approximate surface area is 194 Å². The van der Waals surface area contributed by atoms with E-state index in [1.807, 2.05) is 18.2 Å². The Morgan fingerprint density at radius 1 is 1.13 bits per heavy atom. The van der Waals surface area contributed by atoms with E-state index in [1.165, 1.54) is 6.08 Å². The van der Waals surface area contributed by atoms with Crippen molar-refractivity contribution in [2.75, 3.05) is 0 Å². The summed E-state index contributed by atoms with van der Waals surface area (Å²) in [5.74, 6) is -0.262. The van der Waals surface area contributed by atoms with Crippen molar-refractivity contribution in [3.63, 3.8) is 0 Å². The van der Waals surface area contributed by atoms with Crippen molar-refractivity contribution in [2.24, 2.45) is 7.05 Å². The molecule has 8 heteroatoms. The van der Waals surface area contributed by atoms with E-state index in [1.54, 1.807) is 35.9 Å². The summed E-state index contributed by atoms with van der Waals surface area (Å²) >= 11 is 19.0. The summed E-state index contributed by atoms with van der Waals surface area (Å²) in [6.07, 6.45) is 2.84. The van der Waals surface area contributed by atoms with Gasteiger partial charge in [-0.25, -0.2) is 9.37 Å². The van der Waals surface area contributed by atoms with E-state index in [4.69, 9.17) is 34.8 Å². The number of nitrogens with one attached hydrogen (secondary N) is 1. The Morgan fingerprint density at radius 3 is 2.58 bits per heavy atom. The van der Waals surface area contributed by atoms with Gasteiger partial charge >= 0.3 is 0 Å². The second-order valence-electron chi connectivity index (χ2n) is 7.39. The van der Waals surface area contributed by atoms with Gasteiger partial charge < -0.3 is 9.88 Å². The van der Waals surface area contributed by atoms with Gasteiger partial charge in [0, 0.05) is 40.7 Å². The number of carbonyl (C=O) groups excluding carboxylic acids is 1. The van der Waals surface area contributed by atoms with Crippen molar-refractivity contribution in [1.29, 1.82) is 0 Å². The highest BCUT2D eigenvalue weighted by Crippen LogP contribution is 2.39. The van der Waals surface area contributed by atoms with Gasteiger partial charge in [0.15, 0.2) is 5.82 Å². The predicted molar refractivity (Wildman–Crippen MR) is 123 cm³/mol. The Balaban J connectivity index is 1.81. The lowest BCUT2D eigenvalue weighted by molar-refractivity contribution is 0.0920. The van der Waals surface area contributed by atoms with Crippen LogP contribution in [0, 0.1) is 0 Å². The summed E-state index contributed by atoms with van der Waals surface area (Å²) in [6, 6.07) is 12.3. The molecule has 0 fully saturated rings. The summed E-state index contributed by atoms with van der Waals surface area (Å²) in [5.41, 5.74) is 2.55. The molecule has 0 spiro atoms. The lowest BCUT2D eigenvalue weighted by Crippen LogP contribution is -2.37. The van der Waals surface area contributed by atoms with Crippen LogP contribution in [0.25, 0.3) is 22.5 Å². The molecule has 1 aliphatic carbocycles. The van der Waals surface area contributed by atoms with Crippen LogP contribution in [-0.4, -0.2) is 21.5 Å². The highest BCUT2D eigenvalue weighted by Gasteiger charge is 2.26. The molecule has 4 nitrogen and oxygen atoms in total. The molecule has 0 bridgehead atoms. The molecule has 31 heavy (non-hydrogen) atoms. The van der Waals surface area contributed by atoms with E-state index in [0.717, 1.165) is 5.56 Å². The maximum atomic E-state index is 13.3. The molecule has 1 aromatic heterocycles. The van der Waals surface area contributed by atoms with Crippen LogP contribution in [-0.2, 0) is 7.05 Å².